The Morgan fingerprint density at radius 1 is 0.474 bits per heavy atom. The minimum atomic E-state index is -4.40. The van der Waals surface area contributed by atoms with Crippen LogP contribution in [0, 0.1) is 0 Å². The first-order valence-corrected chi connectivity index (χ1v) is 22.6. The summed E-state index contributed by atoms with van der Waals surface area (Å²) in [6, 6.07) is 41.1. The molecule has 6 aromatic carbocycles. The van der Waals surface area contributed by atoms with Crippen molar-refractivity contribution < 1.29 is 34.3 Å². The zero-order valence-electron chi connectivity index (χ0n) is 32.7. The quantitative estimate of drug-likeness (QED) is 0.134. The van der Waals surface area contributed by atoms with Crippen LogP contribution in [0.2, 0.25) is 0 Å². The van der Waals surface area contributed by atoms with Gasteiger partial charge in [-0.15, -0.1) is 0 Å². The standard InChI is InChI=1S/C46H44O8P2S/c1-7-45(3,4)31-25-27-41(53-55-49-37-21-13-9-17-33(37)34-18-10-14-22-38(34)50-55)43(29-31)57(47,48)44-30-32(46(5,6)8-2)26-28-42(44)54-56-51-39-23-15-11-19-35(39)36-20-12-16-24-40(36)52-56/h9-30H,7-8H2,1-6H3. The van der Waals surface area contributed by atoms with E-state index in [0.717, 1.165) is 45.5 Å². The Labute approximate surface area is 334 Å². The summed E-state index contributed by atoms with van der Waals surface area (Å²) in [4.78, 5) is -0.0750. The van der Waals surface area contributed by atoms with E-state index in [-0.39, 0.29) is 32.1 Å². The number of para-hydroxylation sites is 4. The van der Waals surface area contributed by atoms with Gasteiger partial charge in [-0.25, -0.2) is 8.42 Å². The fourth-order valence-corrected chi connectivity index (χ4v) is 10.4. The van der Waals surface area contributed by atoms with Crippen LogP contribution in [0.1, 0.15) is 65.5 Å². The second kappa shape index (κ2) is 15.2. The minimum Gasteiger partial charge on any atom is -0.390 e. The average molecular weight is 819 g/mol. The van der Waals surface area contributed by atoms with Crippen molar-refractivity contribution in [3.05, 3.63) is 145 Å². The molecule has 0 unspecified atom stereocenters. The first kappa shape index (κ1) is 38.5. The van der Waals surface area contributed by atoms with Crippen LogP contribution in [-0.4, -0.2) is 8.42 Å². The third-order valence-electron chi connectivity index (χ3n) is 11.0. The van der Waals surface area contributed by atoms with Crippen LogP contribution in [0.15, 0.2) is 160 Å². The zero-order valence-corrected chi connectivity index (χ0v) is 35.3. The van der Waals surface area contributed by atoms with Crippen molar-refractivity contribution in [2.45, 2.75) is 75.0 Å². The fourth-order valence-electron chi connectivity index (χ4n) is 6.62. The van der Waals surface area contributed by atoms with Crippen LogP contribution in [0.25, 0.3) is 43.9 Å². The molecule has 292 valence electrons. The highest BCUT2D eigenvalue weighted by molar-refractivity contribution is 7.91. The minimum absolute atomic E-state index is 0.0375. The molecular weight excluding hydrogens is 775 g/mol. The van der Waals surface area contributed by atoms with E-state index >= 15 is 8.42 Å². The van der Waals surface area contributed by atoms with Gasteiger partial charge in [0.1, 0.15) is 32.1 Å². The molecule has 0 aliphatic heterocycles. The third kappa shape index (κ3) is 7.48. The number of hydrogen-bond acceptors (Lipinski definition) is 8. The molecule has 0 radical (unpaired) electrons. The van der Waals surface area contributed by atoms with Gasteiger partial charge in [-0.05, 0) is 83.3 Å². The smallest absolute Gasteiger partial charge is 0.390 e. The molecule has 0 saturated heterocycles. The van der Waals surface area contributed by atoms with E-state index in [4.69, 9.17) is 25.8 Å². The zero-order chi connectivity index (χ0) is 40.0. The third-order valence-corrected chi connectivity index (χ3v) is 14.8. The van der Waals surface area contributed by atoms with E-state index in [2.05, 4.69) is 41.5 Å². The van der Waals surface area contributed by atoms with Crippen LogP contribution in [0.5, 0.6) is 11.5 Å². The van der Waals surface area contributed by atoms with Gasteiger partial charge in [0.05, 0.1) is 0 Å². The van der Waals surface area contributed by atoms with Gasteiger partial charge in [-0.2, -0.15) is 0 Å². The molecule has 8 aromatic rings. The summed E-state index contributed by atoms with van der Waals surface area (Å²) in [6.07, 6.45) is 1.55. The summed E-state index contributed by atoms with van der Waals surface area (Å²) in [6.45, 7) is 12.5. The van der Waals surface area contributed by atoms with Gasteiger partial charge in [-0.3, -0.25) is 0 Å². The van der Waals surface area contributed by atoms with Crippen LogP contribution in [0.4, 0.5) is 0 Å². The molecule has 2 aromatic heterocycles. The van der Waals surface area contributed by atoms with Crippen molar-refractivity contribution in [3.8, 4) is 11.5 Å². The molecule has 0 saturated carbocycles. The van der Waals surface area contributed by atoms with E-state index in [9.17, 15) is 0 Å². The van der Waals surface area contributed by atoms with Crippen molar-refractivity contribution in [3.63, 3.8) is 0 Å². The van der Waals surface area contributed by atoms with Gasteiger partial charge >= 0.3 is 16.5 Å². The molecule has 0 bridgehead atoms. The number of hydrogen-bond donors (Lipinski definition) is 0. The Kier molecular flexibility index (Phi) is 10.3. The Bertz CT molecular complexity index is 2670. The van der Waals surface area contributed by atoms with E-state index in [1.54, 1.807) is 24.3 Å². The van der Waals surface area contributed by atoms with Crippen LogP contribution in [-0.2, 0) is 20.7 Å². The first-order chi connectivity index (χ1) is 27.4. The van der Waals surface area contributed by atoms with Crippen LogP contribution >= 0.6 is 16.5 Å². The van der Waals surface area contributed by atoms with Crippen LogP contribution < -0.4 is 9.05 Å². The topological polar surface area (TPSA) is 105 Å². The lowest BCUT2D eigenvalue weighted by Crippen LogP contribution is -2.18. The lowest BCUT2D eigenvalue weighted by molar-refractivity contribution is 0.479. The van der Waals surface area contributed by atoms with Crippen molar-refractivity contribution in [2.24, 2.45) is 0 Å². The molecule has 0 aliphatic rings. The highest BCUT2D eigenvalue weighted by Crippen LogP contribution is 2.46. The lowest BCUT2D eigenvalue weighted by Gasteiger charge is -2.26. The Morgan fingerprint density at radius 2 is 0.772 bits per heavy atom. The van der Waals surface area contributed by atoms with Crippen molar-refractivity contribution in [1.29, 1.82) is 0 Å². The number of fused-ring (bicyclic) bond motifs is 6. The second-order valence-electron chi connectivity index (χ2n) is 15.3. The van der Waals surface area contributed by atoms with Crippen molar-refractivity contribution in [2.75, 3.05) is 0 Å². The molecule has 0 N–H and O–H groups in total. The summed E-state index contributed by atoms with van der Waals surface area (Å²) in [5.74, 6) is 0.186. The molecule has 2 heterocycles. The summed E-state index contributed by atoms with van der Waals surface area (Å²) in [5, 5.41) is 3.40. The summed E-state index contributed by atoms with van der Waals surface area (Å²) < 4.78 is 69.6. The Hall–Kier alpha value is -5.33. The molecule has 0 spiro atoms. The molecule has 57 heavy (non-hydrogen) atoms. The van der Waals surface area contributed by atoms with Crippen molar-refractivity contribution in [1.82, 2.24) is 0 Å². The lowest BCUT2D eigenvalue weighted by atomic mass is 9.82. The van der Waals surface area contributed by atoms with E-state index < -0.39 is 26.3 Å². The van der Waals surface area contributed by atoms with E-state index in [1.165, 1.54) is 0 Å². The summed E-state index contributed by atoms with van der Waals surface area (Å²) >= 11 is 0. The molecule has 8 rings (SSSR count). The highest BCUT2D eigenvalue weighted by atomic mass is 32.2. The Balaban J connectivity index is 1.34. The number of benzene rings is 6. The largest absolute Gasteiger partial charge is 0.453 e. The predicted molar refractivity (Wildman–Crippen MR) is 230 cm³/mol. The number of rotatable bonds is 10. The molecule has 8 nitrogen and oxygen atoms in total. The average Bonchev–Trinajstić information content (AvgIpc) is 3.48. The maximum Gasteiger partial charge on any atom is 0.453 e. The SMILES string of the molecule is CCC(C)(C)c1ccc(Op2oc3ccccc3c3ccccc3o2)c(S(=O)(=O)c2cc(C(C)(C)CC)ccc2Op2oc3ccccc3c3ccccc3o2)c1. The molecule has 0 atom stereocenters. The van der Waals surface area contributed by atoms with E-state index in [1.807, 2.05) is 109 Å². The van der Waals surface area contributed by atoms with Crippen molar-refractivity contribution >= 4 is 70.2 Å². The first-order valence-electron chi connectivity index (χ1n) is 19.0. The normalized spacial score (nSPS) is 12.3. The predicted octanol–water partition coefficient (Wildman–Crippen LogP) is 14.8. The Morgan fingerprint density at radius 3 is 1.07 bits per heavy atom. The summed E-state index contributed by atoms with van der Waals surface area (Å²) in [5.41, 5.74) is 3.26. The maximum atomic E-state index is 15.5. The second-order valence-corrected chi connectivity index (χ2v) is 19.2. The molecular formula is C46H44O8P2S. The molecule has 0 fully saturated rings. The van der Waals surface area contributed by atoms with E-state index in [0.29, 0.717) is 22.3 Å². The maximum absolute atomic E-state index is 15.5. The fraction of sp³-hybridized carbons (Fsp3) is 0.217. The molecule has 0 aliphatic carbocycles. The van der Waals surface area contributed by atoms with Gasteiger partial charge < -0.3 is 25.8 Å². The number of sulfone groups is 1. The van der Waals surface area contributed by atoms with Gasteiger partial charge in [0.25, 0.3) is 0 Å². The monoisotopic (exact) mass is 818 g/mol. The summed E-state index contributed by atoms with van der Waals surface area (Å²) in [7, 11) is -8.71. The molecule has 11 heteroatoms. The highest BCUT2D eigenvalue weighted by Gasteiger charge is 2.32. The van der Waals surface area contributed by atoms with Gasteiger partial charge in [-0.1, -0.05) is 126 Å². The van der Waals surface area contributed by atoms with Crippen LogP contribution in [0.3, 0.4) is 0 Å². The van der Waals surface area contributed by atoms with Gasteiger partial charge in [0.15, 0.2) is 11.5 Å². The van der Waals surface area contributed by atoms with Gasteiger partial charge in [0, 0.05) is 21.5 Å². The van der Waals surface area contributed by atoms with Gasteiger partial charge in [0.2, 0.25) is 9.84 Å². The molecule has 0 amide bonds.